The summed E-state index contributed by atoms with van der Waals surface area (Å²) in [4.78, 5) is 29.2. The van der Waals surface area contributed by atoms with E-state index in [2.05, 4.69) is 0 Å². The zero-order valence-electron chi connectivity index (χ0n) is 7.98. The van der Waals surface area contributed by atoms with Crippen LogP contribution in [0.3, 0.4) is 0 Å². The van der Waals surface area contributed by atoms with Crippen LogP contribution in [-0.4, -0.2) is 20.0 Å². The predicted molar refractivity (Wildman–Crippen MR) is 49.6 cm³/mol. The van der Waals surface area contributed by atoms with Crippen LogP contribution < -0.4 is 0 Å². The molecule has 84 valence electrons. The summed E-state index contributed by atoms with van der Waals surface area (Å²) < 4.78 is 0. The van der Waals surface area contributed by atoms with Crippen molar-refractivity contribution in [2.75, 3.05) is 0 Å². The molecular weight excluding hydrogens is 222 g/mol. The summed E-state index contributed by atoms with van der Waals surface area (Å²) >= 11 is 0. The van der Waals surface area contributed by atoms with Crippen LogP contribution in [0.25, 0.3) is 0 Å². The molecule has 0 fully saturated rings. The predicted octanol–water partition coefficient (Wildman–Crippen LogP) is 1.61. The van der Waals surface area contributed by atoms with Gasteiger partial charge < -0.3 is 0 Å². The molecule has 1 rings (SSSR count). The summed E-state index contributed by atoms with van der Waals surface area (Å²) in [6, 6.07) is 1.48. The Morgan fingerprint density at radius 2 is 1.56 bits per heavy atom. The Morgan fingerprint density at radius 1 is 1.06 bits per heavy atom. The zero-order chi connectivity index (χ0) is 12.5. The van der Waals surface area contributed by atoms with E-state index in [1.807, 2.05) is 0 Å². The molecule has 1 aromatic rings. The molecule has 0 radical (unpaired) electrons. The Labute approximate surface area is 87.8 Å². The third-order valence-electron chi connectivity index (χ3n) is 1.95. The molecule has 9 nitrogen and oxygen atoms in total. The van der Waals surface area contributed by atoms with Gasteiger partial charge in [-0.15, -0.1) is 0 Å². The van der Waals surface area contributed by atoms with Crippen molar-refractivity contribution in [1.29, 1.82) is 0 Å². The molecule has 0 aromatic heterocycles. The molecule has 0 aliphatic heterocycles. The molecule has 0 spiro atoms. The minimum absolute atomic E-state index is 0.145. The average molecular weight is 228 g/mol. The van der Waals surface area contributed by atoms with E-state index >= 15 is 0 Å². The minimum atomic E-state index is -0.889. The van der Waals surface area contributed by atoms with Crippen molar-refractivity contribution < 1.29 is 20.0 Å². The van der Waals surface area contributed by atoms with Gasteiger partial charge in [0, 0.05) is 0 Å². The highest BCUT2D eigenvalue weighted by molar-refractivity contribution is 5.59. The smallest absolute Gasteiger partial charge is 0.258 e. The van der Waals surface area contributed by atoms with E-state index < -0.39 is 31.8 Å². The molecule has 0 aliphatic rings. The van der Waals surface area contributed by atoms with Crippen LogP contribution in [0.15, 0.2) is 12.1 Å². The number of non-ortho nitro benzene ring substituents is 1. The third kappa shape index (κ3) is 1.92. The van der Waals surface area contributed by atoms with Crippen molar-refractivity contribution in [1.82, 2.24) is 0 Å². The van der Waals surface area contributed by atoms with Gasteiger partial charge in [0.2, 0.25) is 0 Å². The van der Waals surface area contributed by atoms with Crippen molar-refractivity contribution in [3.63, 3.8) is 0 Å². The van der Waals surface area contributed by atoms with Crippen LogP contribution in [0.5, 0.6) is 0 Å². The van der Waals surface area contributed by atoms with Crippen molar-refractivity contribution >= 4 is 17.1 Å². The molecule has 0 saturated heterocycles. The van der Waals surface area contributed by atoms with Crippen LogP contribution in [0.1, 0.15) is 5.56 Å². The second-order valence-electron chi connectivity index (χ2n) is 2.90. The van der Waals surface area contributed by atoms with Gasteiger partial charge in [-0.1, -0.05) is 0 Å². The lowest BCUT2D eigenvalue weighted by molar-refractivity contribution is -0.730. The summed E-state index contributed by atoms with van der Waals surface area (Å²) in [6.45, 7) is 1.21. The van der Waals surface area contributed by atoms with Gasteiger partial charge in [-0.2, -0.15) is 0 Å². The normalized spacial score (nSPS) is 9.81. The molecule has 1 aromatic carbocycles. The Hall–Kier alpha value is -2.58. The Kier molecular flexibility index (Phi) is 2.79. The first-order valence-corrected chi connectivity index (χ1v) is 3.94. The first kappa shape index (κ1) is 11.5. The Morgan fingerprint density at radius 3 is 1.94 bits per heavy atom. The summed E-state index contributed by atoms with van der Waals surface area (Å²) in [5, 5.41) is 29.6. The average Bonchev–Trinajstić information content (AvgIpc) is 2.16. The highest BCUT2D eigenvalue weighted by Gasteiger charge is 2.29. The summed E-state index contributed by atoms with van der Waals surface area (Å²) in [6.07, 6.45) is 0. The molecule has 9 heteroatoms. The lowest BCUT2D eigenvalue weighted by Gasteiger charge is -1.96. The fourth-order valence-corrected chi connectivity index (χ4v) is 1.16. The van der Waals surface area contributed by atoms with Crippen molar-refractivity contribution in [3.8, 4) is 0 Å². The van der Waals surface area contributed by atoms with Crippen molar-refractivity contribution in [3.05, 3.63) is 42.8 Å². The maximum atomic E-state index is 10.6. The molecule has 0 unspecified atom stereocenters. The summed E-state index contributed by atoms with van der Waals surface area (Å²) in [5.41, 5.74) is -1.91. The Balaban J connectivity index is 3.57. The van der Waals surface area contributed by atoms with Crippen molar-refractivity contribution in [2.24, 2.45) is 0 Å². The van der Waals surface area contributed by atoms with Gasteiger partial charge in [-0.05, 0) is 6.92 Å². The second kappa shape index (κ2) is 3.88. The maximum absolute atomic E-state index is 10.6. The van der Waals surface area contributed by atoms with Crippen molar-refractivity contribution in [2.45, 2.75) is 6.92 Å². The van der Waals surface area contributed by atoms with Gasteiger partial charge in [0.15, 0.2) is 0 Å². The van der Waals surface area contributed by atoms with Crippen LogP contribution in [-0.2, 0) is 0 Å². The summed E-state index contributed by atoms with van der Waals surface area (Å²) in [5.74, 6) is 0. The van der Waals surface area contributed by atoms with E-state index in [0.717, 1.165) is 12.1 Å². The van der Waals surface area contributed by atoms with Crippen LogP contribution >= 0.6 is 0 Å². The van der Waals surface area contributed by atoms with Crippen LogP contribution in [0.2, 0.25) is 0 Å². The Bertz CT molecular complexity index is 462. The molecule has 16 heavy (non-hydrogen) atoms. The minimum Gasteiger partial charge on any atom is -0.258 e. The molecule has 0 bridgehead atoms. The number of nitro benzene ring substituents is 2. The lowest BCUT2D eigenvalue weighted by atomic mass is 10.1. The number of rotatable bonds is 3. The van der Waals surface area contributed by atoms with E-state index in [-0.39, 0.29) is 5.56 Å². The zero-order valence-corrected chi connectivity index (χ0v) is 7.98. The fourth-order valence-electron chi connectivity index (χ4n) is 1.16. The topological polar surface area (TPSA) is 127 Å². The van der Waals surface area contributed by atoms with Gasteiger partial charge in [-0.3, -0.25) is 20.2 Å². The SMILES string of the molecule is Cc1c([N+](=O)[O-])cc([N+](=O)[O-])cc1[N+](=O)O. The number of benzene rings is 1. The molecule has 0 heterocycles. The molecule has 1 N–H and O–H groups in total. The number of hydrogen-bond acceptors (Lipinski definition) is 5. The van der Waals surface area contributed by atoms with E-state index in [0.29, 0.717) is 0 Å². The molecule has 0 atom stereocenters. The lowest BCUT2D eigenvalue weighted by Crippen LogP contribution is -2.01. The van der Waals surface area contributed by atoms with E-state index in [4.69, 9.17) is 5.21 Å². The van der Waals surface area contributed by atoms with Gasteiger partial charge in [0.25, 0.3) is 16.3 Å². The quantitative estimate of drug-likeness (QED) is 0.618. The highest BCUT2D eigenvalue weighted by Crippen LogP contribution is 2.32. The van der Waals surface area contributed by atoms with Crippen LogP contribution in [0, 0.1) is 32.1 Å². The van der Waals surface area contributed by atoms with Gasteiger partial charge in [0.05, 0.1) is 26.9 Å². The highest BCUT2D eigenvalue weighted by atomic mass is 16.6. The van der Waals surface area contributed by atoms with Gasteiger partial charge >= 0.3 is 5.69 Å². The first-order valence-electron chi connectivity index (χ1n) is 3.94. The molecule has 0 amide bonds. The molecule has 0 saturated carbocycles. The first-order chi connectivity index (χ1) is 7.34. The largest absolute Gasteiger partial charge is 0.333 e. The van der Waals surface area contributed by atoms with E-state index in [1.54, 1.807) is 0 Å². The molecule has 0 aliphatic carbocycles. The molecular formula is C7H6N3O6+. The number of nitro groups is 2. The second-order valence-corrected chi connectivity index (χ2v) is 2.90. The monoisotopic (exact) mass is 228 g/mol. The van der Waals surface area contributed by atoms with Crippen LogP contribution in [0.4, 0.5) is 17.1 Å². The standard InChI is InChI=1S/C7H6N3O6/c1-4-6(9(13)14)2-5(8(11)12)3-7(4)10(15)16/h2-3H,1H3,(H,13,14)/q+1. The fraction of sp³-hybridized carbons (Fsp3) is 0.143. The van der Waals surface area contributed by atoms with E-state index in [9.17, 15) is 25.1 Å². The number of hydrogen-bond donors (Lipinski definition) is 1. The maximum Gasteiger partial charge on any atom is 0.333 e. The summed E-state index contributed by atoms with van der Waals surface area (Å²) in [7, 11) is 0. The van der Waals surface area contributed by atoms with Gasteiger partial charge in [-0.25, -0.2) is 5.21 Å². The van der Waals surface area contributed by atoms with Gasteiger partial charge in [0.1, 0.15) is 5.56 Å². The van der Waals surface area contributed by atoms with E-state index in [1.165, 1.54) is 6.92 Å². The third-order valence-corrected chi connectivity index (χ3v) is 1.95. The number of nitrogens with zero attached hydrogens (tertiary/aromatic N) is 3.